The van der Waals surface area contributed by atoms with Gasteiger partial charge in [-0.3, -0.25) is 9.59 Å². The fourth-order valence-corrected chi connectivity index (χ4v) is 4.96. The van der Waals surface area contributed by atoms with Crippen LogP contribution in [-0.2, 0) is 9.59 Å². The number of carbonyl (C=O) groups excluding carboxylic acids is 2. The minimum atomic E-state index is 0.0515. The van der Waals surface area contributed by atoms with Crippen molar-refractivity contribution in [1.82, 2.24) is 0 Å². The summed E-state index contributed by atoms with van der Waals surface area (Å²) in [6, 6.07) is 0. The summed E-state index contributed by atoms with van der Waals surface area (Å²) in [6.07, 6.45) is 8.73. The maximum atomic E-state index is 11.9. The Bertz CT molecular complexity index is 361. The van der Waals surface area contributed by atoms with Gasteiger partial charge in [-0.2, -0.15) is 0 Å². The molecule has 0 aromatic carbocycles. The molecule has 3 rings (SSSR count). The van der Waals surface area contributed by atoms with Crippen LogP contribution in [0.5, 0.6) is 0 Å². The van der Waals surface area contributed by atoms with Gasteiger partial charge in [-0.1, -0.05) is 13.3 Å². The summed E-state index contributed by atoms with van der Waals surface area (Å²) < 4.78 is 0. The van der Waals surface area contributed by atoms with E-state index in [1.54, 1.807) is 0 Å². The molecule has 0 aromatic heterocycles. The first-order valence-electron chi connectivity index (χ1n) is 7.09. The van der Waals surface area contributed by atoms with Crippen molar-refractivity contribution in [2.75, 3.05) is 0 Å². The van der Waals surface area contributed by atoms with Gasteiger partial charge >= 0.3 is 0 Å². The topological polar surface area (TPSA) is 34.1 Å². The van der Waals surface area contributed by atoms with Gasteiger partial charge in [0.05, 0.1) is 0 Å². The first kappa shape index (κ1) is 11.4. The van der Waals surface area contributed by atoms with Gasteiger partial charge in [0.15, 0.2) is 0 Å². The highest BCUT2D eigenvalue weighted by Gasteiger charge is 2.58. The van der Waals surface area contributed by atoms with Crippen LogP contribution in [0.3, 0.4) is 0 Å². The molecular formula is C15H22O2. The second kappa shape index (κ2) is 3.66. The normalized spacial score (nSPS) is 46.3. The largest absolute Gasteiger partial charge is 0.300 e. The molecule has 0 aromatic rings. The van der Waals surface area contributed by atoms with Crippen molar-refractivity contribution < 1.29 is 9.59 Å². The van der Waals surface area contributed by atoms with Crippen LogP contribution < -0.4 is 0 Å². The second-order valence-electron chi connectivity index (χ2n) is 6.78. The number of carbonyl (C=O) groups is 2. The average Bonchev–Trinajstić information content (AvgIpc) is 2.28. The first-order chi connectivity index (χ1) is 8.06. The lowest BCUT2D eigenvalue weighted by Gasteiger charge is -2.60. The number of Topliss-reactive ketones (excluding diaryl/α,β-unsaturated/α-hetero) is 2. The molecule has 2 nitrogen and oxygen atoms in total. The molecule has 0 N–H and O–H groups in total. The Balaban J connectivity index is 2.02. The predicted octanol–water partition coefficient (Wildman–Crippen LogP) is 3.29. The lowest BCUT2D eigenvalue weighted by Crippen LogP contribution is -2.55. The molecule has 0 bridgehead atoms. The summed E-state index contributed by atoms with van der Waals surface area (Å²) in [7, 11) is 0. The molecule has 0 heterocycles. The Hall–Kier alpha value is -0.660. The Labute approximate surface area is 103 Å². The van der Waals surface area contributed by atoms with Gasteiger partial charge in [-0.15, -0.1) is 0 Å². The van der Waals surface area contributed by atoms with Crippen LogP contribution in [0.2, 0.25) is 0 Å². The van der Waals surface area contributed by atoms with Crippen molar-refractivity contribution in [3.05, 3.63) is 0 Å². The second-order valence-corrected chi connectivity index (χ2v) is 6.78. The zero-order valence-electron chi connectivity index (χ0n) is 10.8. The van der Waals surface area contributed by atoms with Crippen LogP contribution >= 0.6 is 0 Å². The van der Waals surface area contributed by atoms with Gasteiger partial charge < -0.3 is 0 Å². The minimum absolute atomic E-state index is 0.0515. The molecule has 0 amide bonds. The van der Waals surface area contributed by atoms with Gasteiger partial charge in [0.1, 0.15) is 11.6 Å². The maximum absolute atomic E-state index is 11.9. The summed E-state index contributed by atoms with van der Waals surface area (Å²) in [5.41, 5.74) is 0.315. The van der Waals surface area contributed by atoms with Crippen LogP contribution in [0.1, 0.15) is 64.7 Å². The van der Waals surface area contributed by atoms with E-state index in [9.17, 15) is 9.59 Å². The Morgan fingerprint density at radius 1 is 1.00 bits per heavy atom. The third-order valence-electron chi connectivity index (χ3n) is 6.02. The zero-order chi connectivity index (χ0) is 12.1. The molecule has 2 heteroatoms. The quantitative estimate of drug-likeness (QED) is 0.644. The highest BCUT2D eigenvalue weighted by atomic mass is 16.1. The summed E-state index contributed by atoms with van der Waals surface area (Å²) >= 11 is 0. The fraction of sp³-hybridized carbons (Fsp3) is 0.867. The van der Waals surface area contributed by atoms with E-state index in [1.807, 2.05) is 0 Å². The molecule has 0 saturated heterocycles. The molecule has 17 heavy (non-hydrogen) atoms. The van der Waals surface area contributed by atoms with Crippen molar-refractivity contribution in [3.63, 3.8) is 0 Å². The van der Waals surface area contributed by atoms with Crippen molar-refractivity contribution >= 4 is 11.6 Å². The molecule has 0 aliphatic heterocycles. The van der Waals surface area contributed by atoms with Crippen molar-refractivity contribution in [2.24, 2.45) is 16.7 Å². The van der Waals surface area contributed by atoms with Crippen LogP contribution in [0.15, 0.2) is 0 Å². The standard InChI is InChI=1S/C15H22O2/c1-14-7-2-3-11-4-5-12(16)9-15(11,14)10-13(17)6-8-14/h11H,2-10H2,1H3/t11-,14+,15+/m0/s1. The third-order valence-corrected chi connectivity index (χ3v) is 6.02. The zero-order valence-corrected chi connectivity index (χ0v) is 10.8. The smallest absolute Gasteiger partial charge is 0.133 e. The summed E-state index contributed by atoms with van der Waals surface area (Å²) in [4.78, 5) is 23.8. The van der Waals surface area contributed by atoms with Gasteiger partial charge in [0, 0.05) is 25.7 Å². The van der Waals surface area contributed by atoms with Crippen LogP contribution in [0.4, 0.5) is 0 Å². The molecule has 3 atom stereocenters. The van der Waals surface area contributed by atoms with E-state index in [1.165, 1.54) is 19.3 Å². The molecule has 3 saturated carbocycles. The van der Waals surface area contributed by atoms with E-state index in [2.05, 4.69) is 6.92 Å². The lowest BCUT2D eigenvalue weighted by atomic mass is 9.43. The first-order valence-corrected chi connectivity index (χ1v) is 7.09. The van der Waals surface area contributed by atoms with Crippen LogP contribution in [-0.4, -0.2) is 11.6 Å². The fourth-order valence-electron chi connectivity index (χ4n) is 4.96. The van der Waals surface area contributed by atoms with E-state index in [4.69, 9.17) is 0 Å². The van der Waals surface area contributed by atoms with Crippen molar-refractivity contribution in [2.45, 2.75) is 64.7 Å². The molecular weight excluding hydrogens is 212 g/mol. The monoisotopic (exact) mass is 234 g/mol. The maximum Gasteiger partial charge on any atom is 0.133 e. The van der Waals surface area contributed by atoms with Gasteiger partial charge in [0.2, 0.25) is 0 Å². The van der Waals surface area contributed by atoms with Crippen molar-refractivity contribution in [1.29, 1.82) is 0 Å². The summed E-state index contributed by atoms with van der Waals surface area (Å²) in [5, 5.41) is 0. The number of hydrogen-bond donors (Lipinski definition) is 0. The predicted molar refractivity (Wildman–Crippen MR) is 65.6 cm³/mol. The number of rotatable bonds is 0. The van der Waals surface area contributed by atoms with Crippen LogP contribution in [0, 0.1) is 16.7 Å². The van der Waals surface area contributed by atoms with E-state index in [0.717, 1.165) is 25.7 Å². The van der Waals surface area contributed by atoms with E-state index < -0.39 is 0 Å². The number of ketones is 2. The molecule has 0 unspecified atom stereocenters. The Morgan fingerprint density at radius 2 is 1.71 bits per heavy atom. The summed E-state index contributed by atoms with van der Waals surface area (Å²) in [6.45, 7) is 2.35. The Morgan fingerprint density at radius 3 is 2.47 bits per heavy atom. The molecule has 3 fully saturated rings. The molecule has 3 aliphatic carbocycles. The van der Waals surface area contributed by atoms with E-state index in [-0.39, 0.29) is 10.8 Å². The van der Waals surface area contributed by atoms with Crippen LogP contribution in [0.25, 0.3) is 0 Å². The minimum Gasteiger partial charge on any atom is -0.300 e. The average molecular weight is 234 g/mol. The number of hydrogen-bond acceptors (Lipinski definition) is 2. The Kier molecular flexibility index (Phi) is 2.46. The van der Waals surface area contributed by atoms with Crippen molar-refractivity contribution in [3.8, 4) is 0 Å². The molecule has 94 valence electrons. The third kappa shape index (κ3) is 1.52. The highest BCUT2D eigenvalue weighted by Crippen LogP contribution is 2.64. The van der Waals surface area contributed by atoms with E-state index in [0.29, 0.717) is 30.3 Å². The molecule has 1 spiro atoms. The molecule has 0 radical (unpaired) electrons. The highest BCUT2D eigenvalue weighted by molar-refractivity contribution is 5.84. The van der Waals surface area contributed by atoms with E-state index >= 15 is 0 Å². The lowest BCUT2D eigenvalue weighted by molar-refractivity contribution is -0.155. The van der Waals surface area contributed by atoms with Gasteiger partial charge in [-0.25, -0.2) is 0 Å². The molecule has 3 aliphatic rings. The summed E-state index contributed by atoms with van der Waals surface area (Å²) in [5.74, 6) is 1.45. The van der Waals surface area contributed by atoms with Gasteiger partial charge in [0.25, 0.3) is 0 Å². The van der Waals surface area contributed by atoms with Gasteiger partial charge in [-0.05, 0) is 42.4 Å². The SMILES string of the molecule is C[C@]12CCC[C@H]3CCC(=O)C[C@@]31CC(=O)CC2.